The maximum atomic E-state index is 10.3. The molecule has 1 unspecified atom stereocenters. The molecule has 0 saturated heterocycles. The average molecular weight is 158 g/mol. The third kappa shape index (κ3) is 8.97. The molecule has 3 N–H and O–H groups in total. The van der Waals surface area contributed by atoms with Gasteiger partial charge in [-0.25, -0.2) is 0 Å². The average Bonchev–Trinajstić information content (AvgIpc) is 1.85. The summed E-state index contributed by atoms with van der Waals surface area (Å²) >= 11 is 0. The summed E-state index contributed by atoms with van der Waals surface area (Å²) in [5.74, 6) is -0.0632. The molecule has 1 amide bonds. The van der Waals surface area contributed by atoms with E-state index in [1.54, 1.807) is 19.2 Å². The molecular formula is C7H14N2O2. The van der Waals surface area contributed by atoms with Crippen LogP contribution in [0.5, 0.6) is 0 Å². The van der Waals surface area contributed by atoms with Gasteiger partial charge in [0.2, 0.25) is 5.91 Å². The molecule has 0 aliphatic carbocycles. The highest BCUT2D eigenvalue weighted by molar-refractivity contribution is 5.72. The Kier molecular flexibility index (Phi) is 5.20. The molecule has 64 valence electrons. The van der Waals surface area contributed by atoms with Gasteiger partial charge in [0.05, 0.1) is 0 Å². The van der Waals surface area contributed by atoms with Gasteiger partial charge in [0.1, 0.15) is 6.23 Å². The van der Waals surface area contributed by atoms with Crippen LogP contribution in [0.2, 0.25) is 0 Å². The lowest BCUT2D eigenvalue weighted by Gasteiger charge is -2.01. The molecule has 0 aromatic carbocycles. The Hall–Kier alpha value is -1.03. The topological polar surface area (TPSA) is 61.4 Å². The molecule has 0 aliphatic heterocycles. The van der Waals surface area contributed by atoms with Crippen molar-refractivity contribution in [3.8, 4) is 0 Å². The van der Waals surface area contributed by atoms with Crippen molar-refractivity contribution in [2.45, 2.75) is 20.1 Å². The maximum Gasteiger partial charge on any atom is 0.217 e. The van der Waals surface area contributed by atoms with Gasteiger partial charge in [-0.1, -0.05) is 0 Å². The van der Waals surface area contributed by atoms with Gasteiger partial charge in [0.25, 0.3) is 0 Å². The minimum Gasteiger partial charge on any atom is -0.374 e. The van der Waals surface area contributed by atoms with Crippen LogP contribution < -0.4 is 10.6 Å². The first-order valence-corrected chi connectivity index (χ1v) is 3.46. The molecule has 0 aromatic rings. The number of hydrogen-bond donors (Lipinski definition) is 3. The highest BCUT2D eigenvalue weighted by atomic mass is 16.3. The van der Waals surface area contributed by atoms with Gasteiger partial charge in [-0.05, 0) is 19.2 Å². The number of carbonyl (C=O) groups is 1. The Labute approximate surface area is 66.3 Å². The number of amides is 1. The number of carbonyl (C=O) groups excluding carboxylic acids is 1. The van der Waals surface area contributed by atoms with Crippen molar-refractivity contribution in [1.82, 2.24) is 10.6 Å². The molecule has 0 heterocycles. The van der Waals surface area contributed by atoms with Gasteiger partial charge in [0.15, 0.2) is 0 Å². The zero-order valence-corrected chi connectivity index (χ0v) is 6.79. The molecule has 0 aliphatic rings. The van der Waals surface area contributed by atoms with E-state index in [-0.39, 0.29) is 5.91 Å². The standard InChI is InChI=1S/C7H14N2O2/c1-6(10)8-4-3-5-9-7(2)11/h3-4,6,8,10H,5H2,1-2H3,(H,9,11)/b4-3+. The van der Waals surface area contributed by atoms with Gasteiger partial charge in [-0.3, -0.25) is 4.79 Å². The lowest BCUT2D eigenvalue weighted by molar-refractivity contribution is -0.118. The molecule has 4 nitrogen and oxygen atoms in total. The number of aliphatic hydroxyl groups excluding tert-OH is 1. The normalized spacial score (nSPS) is 13.0. The summed E-state index contributed by atoms with van der Waals surface area (Å²) in [7, 11) is 0. The quantitative estimate of drug-likeness (QED) is 0.486. The van der Waals surface area contributed by atoms with Crippen LogP contribution >= 0.6 is 0 Å². The van der Waals surface area contributed by atoms with Gasteiger partial charge in [-0.2, -0.15) is 0 Å². The van der Waals surface area contributed by atoms with Gasteiger partial charge in [-0.15, -0.1) is 0 Å². The van der Waals surface area contributed by atoms with E-state index < -0.39 is 6.23 Å². The first kappa shape index (κ1) is 9.97. The molecule has 0 saturated carbocycles. The highest BCUT2D eigenvalue weighted by Gasteiger charge is 1.86. The lowest BCUT2D eigenvalue weighted by atomic mass is 10.5. The minimum absolute atomic E-state index is 0.0632. The van der Waals surface area contributed by atoms with E-state index in [2.05, 4.69) is 10.6 Å². The molecule has 1 atom stereocenters. The lowest BCUT2D eigenvalue weighted by Crippen LogP contribution is -2.22. The first-order valence-electron chi connectivity index (χ1n) is 3.46. The van der Waals surface area contributed by atoms with E-state index in [0.29, 0.717) is 6.54 Å². The number of nitrogens with one attached hydrogen (secondary N) is 2. The fourth-order valence-electron chi connectivity index (χ4n) is 0.469. The van der Waals surface area contributed by atoms with Crippen LogP contribution in [0.3, 0.4) is 0 Å². The van der Waals surface area contributed by atoms with E-state index in [0.717, 1.165) is 0 Å². The van der Waals surface area contributed by atoms with E-state index in [1.165, 1.54) is 6.92 Å². The van der Waals surface area contributed by atoms with Gasteiger partial charge < -0.3 is 15.7 Å². The van der Waals surface area contributed by atoms with Crippen molar-refractivity contribution < 1.29 is 9.90 Å². The fourth-order valence-corrected chi connectivity index (χ4v) is 0.469. The number of aliphatic hydroxyl groups is 1. The summed E-state index contributed by atoms with van der Waals surface area (Å²) in [5, 5.41) is 13.9. The van der Waals surface area contributed by atoms with Crippen molar-refractivity contribution in [2.24, 2.45) is 0 Å². The molecule has 4 heteroatoms. The van der Waals surface area contributed by atoms with E-state index >= 15 is 0 Å². The highest BCUT2D eigenvalue weighted by Crippen LogP contribution is 1.72. The van der Waals surface area contributed by atoms with Crippen LogP contribution in [-0.2, 0) is 4.79 Å². The number of hydrogen-bond acceptors (Lipinski definition) is 3. The van der Waals surface area contributed by atoms with Crippen LogP contribution in [0.1, 0.15) is 13.8 Å². The molecule has 11 heavy (non-hydrogen) atoms. The second-order valence-corrected chi connectivity index (χ2v) is 2.18. The van der Waals surface area contributed by atoms with Crippen molar-refractivity contribution in [2.75, 3.05) is 6.54 Å². The monoisotopic (exact) mass is 158 g/mol. The fraction of sp³-hybridized carbons (Fsp3) is 0.571. The molecule has 0 rings (SSSR count). The van der Waals surface area contributed by atoms with Crippen LogP contribution in [0.4, 0.5) is 0 Å². The smallest absolute Gasteiger partial charge is 0.217 e. The van der Waals surface area contributed by atoms with Crippen molar-refractivity contribution in [3.63, 3.8) is 0 Å². The summed E-state index contributed by atoms with van der Waals surface area (Å²) in [6.07, 6.45) is 2.76. The predicted octanol–water partition coefficient (Wildman–Crippen LogP) is -0.436. The Bertz CT molecular complexity index is 143. The van der Waals surface area contributed by atoms with E-state index in [9.17, 15) is 4.79 Å². The van der Waals surface area contributed by atoms with Crippen LogP contribution in [0.15, 0.2) is 12.3 Å². The van der Waals surface area contributed by atoms with Gasteiger partial charge >= 0.3 is 0 Å². The Balaban J connectivity index is 3.23. The third-order valence-electron chi connectivity index (χ3n) is 0.924. The zero-order chi connectivity index (χ0) is 8.69. The predicted molar refractivity (Wildman–Crippen MR) is 42.6 cm³/mol. The minimum atomic E-state index is -0.552. The third-order valence-corrected chi connectivity index (χ3v) is 0.924. The van der Waals surface area contributed by atoms with E-state index in [4.69, 9.17) is 5.11 Å². The summed E-state index contributed by atoms with van der Waals surface area (Å²) in [6, 6.07) is 0. The Morgan fingerprint density at radius 3 is 2.82 bits per heavy atom. The first-order chi connectivity index (χ1) is 5.13. The summed E-state index contributed by atoms with van der Waals surface area (Å²) in [4.78, 5) is 10.3. The van der Waals surface area contributed by atoms with Crippen molar-refractivity contribution in [3.05, 3.63) is 12.3 Å². The van der Waals surface area contributed by atoms with Crippen LogP contribution in [0.25, 0.3) is 0 Å². The molecular weight excluding hydrogens is 144 g/mol. The Morgan fingerprint density at radius 2 is 2.36 bits per heavy atom. The Morgan fingerprint density at radius 1 is 1.73 bits per heavy atom. The second-order valence-electron chi connectivity index (χ2n) is 2.18. The molecule has 0 radical (unpaired) electrons. The van der Waals surface area contributed by atoms with Crippen molar-refractivity contribution in [1.29, 1.82) is 0 Å². The largest absolute Gasteiger partial charge is 0.374 e. The molecule has 0 fully saturated rings. The van der Waals surface area contributed by atoms with Gasteiger partial charge in [0, 0.05) is 13.5 Å². The molecule has 0 bridgehead atoms. The van der Waals surface area contributed by atoms with Crippen LogP contribution in [0, 0.1) is 0 Å². The SMILES string of the molecule is CC(=O)NC/C=C/NC(C)O. The maximum absolute atomic E-state index is 10.3. The van der Waals surface area contributed by atoms with E-state index in [1.807, 2.05) is 0 Å². The summed E-state index contributed by atoms with van der Waals surface area (Å²) in [5.41, 5.74) is 0. The molecule has 0 spiro atoms. The zero-order valence-electron chi connectivity index (χ0n) is 6.79. The second kappa shape index (κ2) is 5.73. The summed E-state index contributed by atoms with van der Waals surface area (Å²) < 4.78 is 0. The van der Waals surface area contributed by atoms with Crippen molar-refractivity contribution >= 4 is 5.91 Å². The number of rotatable bonds is 4. The van der Waals surface area contributed by atoms with Crippen LogP contribution in [-0.4, -0.2) is 23.8 Å². The summed E-state index contributed by atoms with van der Waals surface area (Å²) in [6.45, 7) is 3.55. The molecule has 0 aromatic heterocycles.